The highest BCUT2D eigenvalue weighted by atomic mass is 79.9. The Bertz CT molecular complexity index is 485. The first-order valence-electron chi connectivity index (χ1n) is 5.50. The summed E-state index contributed by atoms with van der Waals surface area (Å²) < 4.78 is 3.65. The fourth-order valence-electron chi connectivity index (χ4n) is 2.09. The van der Waals surface area contributed by atoms with Gasteiger partial charge in [0, 0.05) is 29.0 Å². The number of quaternary nitrogens is 1. The van der Waals surface area contributed by atoms with Crippen molar-refractivity contribution in [3.63, 3.8) is 0 Å². The van der Waals surface area contributed by atoms with E-state index in [1.54, 1.807) is 0 Å². The second-order valence-electron chi connectivity index (χ2n) is 5.59. The van der Waals surface area contributed by atoms with Gasteiger partial charge < -0.3 is 9.85 Å². The Hall–Kier alpha value is 1.06. The van der Waals surface area contributed by atoms with Crippen LogP contribution < -0.4 is 0 Å². The van der Waals surface area contributed by atoms with Crippen LogP contribution in [0.3, 0.4) is 0 Å². The number of hydrogen-bond acceptors (Lipinski definition) is 1. The van der Waals surface area contributed by atoms with Crippen molar-refractivity contribution in [1.29, 1.82) is 0 Å². The van der Waals surface area contributed by atoms with Gasteiger partial charge in [0.1, 0.15) is 13.1 Å². The number of hydroxylamine groups is 3. The van der Waals surface area contributed by atoms with E-state index in [9.17, 15) is 5.21 Å². The fourth-order valence-corrected chi connectivity index (χ4v) is 4.63. The molecule has 0 saturated carbocycles. The molecule has 0 spiro atoms. The molecule has 0 fully saturated rings. The molecule has 1 aromatic rings. The highest BCUT2D eigenvalue weighted by Crippen LogP contribution is 2.48. The molecule has 18 heavy (non-hydrogen) atoms. The first kappa shape index (κ1) is 15.4. The van der Waals surface area contributed by atoms with Gasteiger partial charge in [-0.1, -0.05) is 0 Å². The summed E-state index contributed by atoms with van der Waals surface area (Å²) >= 11 is 14.3. The number of fused-ring (bicyclic) bond motifs is 1. The molecule has 1 aliphatic heterocycles. The summed E-state index contributed by atoms with van der Waals surface area (Å²) in [5.74, 6) is 0. The third kappa shape index (κ3) is 2.27. The summed E-state index contributed by atoms with van der Waals surface area (Å²) in [6, 6.07) is 0. The van der Waals surface area contributed by atoms with Crippen LogP contribution in [0, 0.1) is 5.21 Å². The summed E-state index contributed by atoms with van der Waals surface area (Å²) in [5, 5.41) is 13.0. The minimum absolute atomic E-state index is 0.220. The lowest BCUT2D eigenvalue weighted by atomic mass is 10.1. The van der Waals surface area contributed by atoms with Crippen LogP contribution in [0.4, 0.5) is 0 Å². The van der Waals surface area contributed by atoms with Crippen LogP contribution in [0.25, 0.3) is 0 Å². The average molecular weight is 507 g/mol. The van der Waals surface area contributed by atoms with Crippen LogP contribution in [-0.4, -0.2) is 10.2 Å². The molecule has 0 saturated heterocycles. The van der Waals surface area contributed by atoms with Crippen molar-refractivity contribution in [2.24, 2.45) is 0 Å². The number of halogens is 4. The lowest BCUT2D eigenvalue weighted by Crippen LogP contribution is -2.51. The standard InChI is InChI=1S/C12H13Br4NO/c1-12(2,3)17(18)4-6-7(5-17)9(14)11(16)10(15)8(6)13/h4-5H2,1-3H3. The van der Waals surface area contributed by atoms with Crippen LogP contribution in [-0.2, 0) is 13.1 Å². The van der Waals surface area contributed by atoms with Crippen LogP contribution in [0.2, 0.25) is 0 Å². The Labute approximate surface area is 141 Å². The van der Waals surface area contributed by atoms with Gasteiger partial charge in [0.2, 0.25) is 0 Å². The second-order valence-corrected chi connectivity index (χ2v) is 8.76. The van der Waals surface area contributed by atoms with Gasteiger partial charge in [-0.05, 0) is 84.5 Å². The molecule has 0 bridgehead atoms. The van der Waals surface area contributed by atoms with E-state index in [-0.39, 0.29) is 10.2 Å². The molecule has 0 aliphatic carbocycles. The Morgan fingerprint density at radius 3 is 1.44 bits per heavy atom. The zero-order chi connectivity index (χ0) is 13.9. The average Bonchev–Trinajstić information content (AvgIpc) is 2.63. The Morgan fingerprint density at radius 2 is 1.17 bits per heavy atom. The Morgan fingerprint density at radius 1 is 0.833 bits per heavy atom. The highest BCUT2D eigenvalue weighted by molar-refractivity contribution is 9.15. The summed E-state index contributed by atoms with van der Waals surface area (Å²) in [6.45, 7) is 7.00. The molecular formula is C12H13Br4NO. The maximum absolute atomic E-state index is 13.0. The van der Waals surface area contributed by atoms with Crippen molar-refractivity contribution in [2.75, 3.05) is 0 Å². The maximum atomic E-state index is 13.0. The Balaban J connectivity index is 2.61. The number of rotatable bonds is 0. The lowest BCUT2D eigenvalue weighted by molar-refractivity contribution is -0.945. The van der Waals surface area contributed by atoms with Crippen molar-refractivity contribution < 1.29 is 4.65 Å². The van der Waals surface area contributed by atoms with E-state index in [1.807, 2.05) is 20.8 Å². The van der Waals surface area contributed by atoms with E-state index in [1.165, 1.54) is 0 Å². The molecule has 0 amide bonds. The summed E-state index contributed by atoms with van der Waals surface area (Å²) in [5.41, 5.74) is 1.88. The molecule has 1 aliphatic rings. The molecule has 0 unspecified atom stereocenters. The zero-order valence-corrected chi connectivity index (χ0v) is 16.6. The number of nitrogens with zero attached hydrogens (tertiary/aromatic N) is 1. The molecule has 100 valence electrons. The molecule has 0 radical (unpaired) electrons. The lowest BCUT2D eigenvalue weighted by Gasteiger charge is -2.49. The molecule has 2 nitrogen and oxygen atoms in total. The first-order chi connectivity index (χ1) is 8.08. The molecule has 6 heteroatoms. The second kappa shape index (κ2) is 4.81. The quantitative estimate of drug-likeness (QED) is 0.187. The number of hydrogen-bond donors (Lipinski definition) is 0. The molecule has 2 rings (SSSR count). The van der Waals surface area contributed by atoms with Crippen LogP contribution in [0.1, 0.15) is 31.9 Å². The molecule has 1 heterocycles. The largest absolute Gasteiger partial charge is 0.632 e. The van der Waals surface area contributed by atoms with E-state index in [0.29, 0.717) is 13.1 Å². The molecule has 0 atom stereocenters. The van der Waals surface area contributed by atoms with Crippen LogP contribution in [0.5, 0.6) is 0 Å². The molecule has 0 aromatic heterocycles. The normalized spacial score (nSPS) is 18.0. The van der Waals surface area contributed by atoms with Crippen molar-refractivity contribution in [2.45, 2.75) is 39.4 Å². The van der Waals surface area contributed by atoms with E-state index < -0.39 is 0 Å². The minimum atomic E-state index is -0.323. The topological polar surface area (TPSA) is 23.1 Å². The minimum Gasteiger partial charge on any atom is -0.632 e. The fraction of sp³-hybridized carbons (Fsp3) is 0.500. The number of benzene rings is 1. The molecular weight excluding hydrogens is 494 g/mol. The third-order valence-corrected chi connectivity index (χ3v) is 8.45. The van der Waals surface area contributed by atoms with Gasteiger partial charge in [0.05, 0.1) is 5.54 Å². The van der Waals surface area contributed by atoms with E-state index in [0.717, 1.165) is 29.0 Å². The van der Waals surface area contributed by atoms with Crippen molar-refractivity contribution in [3.05, 3.63) is 34.2 Å². The van der Waals surface area contributed by atoms with Crippen molar-refractivity contribution >= 4 is 63.7 Å². The van der Waals surface area contributed by atoms with Gasteiger partial charge in [0.15, 0.2) is 0 Å². The third-order valence-electron chi connectivity index (χ3n) is 3.52. The van der Waals surface area contributed by atoms with Crippen molar-refractivity contribution in [1.82, 2.24) is 0 Å². The van der Waals surface area contributed by atoms with E-state index in [2.05, 4.69) is 63.7 Å². The van der Waals surface area contributed by atoms with E-state index in [4.69, 9.17) is 0 Å². The van der Waals surface area contributed by atoms with Gasteiger partial charge in [-0.25, -0.2) is 0 Å². The SMILES string of the molecule is CC(C)(C)[N+]1([O-])Cc2c(Br)c(Br)c(Br)c(Br)c2C1. The van der Waals surface area contributed by atoms with Crippen LogP contribution in [0.15, 0.2) is 17.9 Å². The van der Waals surface area contributed by atoms with Gasteiger partial charge in [-0.2, -0.15) is 0 Å². The van der Waals surface area contributed by atoms with Gasteiger partial charge in [-0.3, -0.25) is 0 Å². The summed E-state index contributed by atoms with van der Waals surface area (Å²) in [6.07, 6.45) is 0. The molecule has 0 N–H and O–H groups in total. The predicted molar refractivity (Wildman–Crippen MR) is 88.0 cm³/mol. The summed E-state index contributed by atoms with van der Waals surface area (Å²) in [4.78, 5) is 0. The van der Waals surface area contributed by atoms with E-state index >= 15 is 0 Å². The van der Waals surface area contributed by atoms with Gasteiger partial charge >= 0.3 is 0 Å². The van der Waals surface area contributed by atoms with Gasteiger partial charge in [0.25, 0.3) is 0 Å². The monoisotopic (exact) mass is 503 g/mol. The first-order valence-corrected chi connectivity index (χ1v) is 8.67. The Kier molecular flexibility index (Phi) is 4.13. The zero-order valence-electron chi connectivity index (χ0n) is 10.3. The molecule has 1 aromatic carbocycles. The highest BCUT2D eigenvalue weighted by Gasteiger charge is 2.41. The predicted octanol–water partition coefficient (Wildman–Crippen LogP) is 5.86. The van der Waals surface area contributed by atoms with Crippen LogP contribution >= 0.6 is 63.7 Å². The van der Waals surface area contributed by atoms with Crippen molar-refractivity contribution in [3.8, 4) is 0 Å². The van der Waals surface area contributed by atoms with Gasteiger partial charge in [-0.15, -0.1) is 0 Å². The summed E-state index contributed by atoms with van der Waals surface area (Å²) in [7, 11) is 0. The smallest absolute Gasteiger partial charge is 0.106 e. The maximum Gasteiger partial charge on any atom is 0.106 e.